The van der Waals surface area contributed by atoms with E-state index in [1.165, 1.54) is 18.2 Å². The fraction of sp³-hybridized carbons (Fsp3) is 0.571. The lowest BCUT2D eigenvalue weighted by Crippen LogP contribution is -2.45. The van der Waals surface area contributed by atoms with E-state index in [0.29, 0.717) is 26.2 Å². The average molecular weight is 324 g/mol. The molecule has 0 amide bonds. The van der Waals surface area contributed by atoms with Crippen LogP contribution in [0.2, 0.25) is 0 Å². The van der Waals surface area contributed by atoms with Crippen LogP contribution >= 0.6 is 0 Å². The summed E-state index contributed by atoms with van der Waals surface area (Å²) >= 11 is 0. The van der Waals surface area contributed by atoms with Crippen molar-refractivity contribution >= 4 is 0 Å². The summed E-state index contributed by atoms with van der Waals surface area (Å²) < 4.78 is 67.3. The van der Waals surface area contributed by atoms with E-state index in [1.54, 1.807) is 4.90 Å². The molecule has 1 aromatic rings. The Labute approximate surface area is 125 Å². The third-order valence-electron chi connectivity index (χ3n) is 3.50. The van der Waals surface area contributed by atoms with Crippen molar-refractivity contribution in [3.8, 4) is 5.75 Å². The molecule has 3 nitrogen and oxygen atoms in total. The van der Waals surface area contributed by atoms with Gasteiger partial charge in [-0.25, -0.2) is 8.78 Å². The first kappa shape index (κ1) is 17.0. The summed E-state index contributed by atoms with van der Waals surface area (Å²) in [6.45, 7) is 2.22. The van der Waals surface area contributed by atoms with Crippen molar-refractivity contribution in [1.29, 1.82) is 0 Å². The summed E-state index contributed by atoms with van der Waals surface area (Å²) in [6.07, 6.45) is -7.99. The van der Waals surface area contributed by atoms with Gasteiger partial charge in [-0.1, -0.05) is 18.2 Å². The first-order chi connectivity index (χ1) is 10.4. The largest absolute Gasteiger partial charge is 0.573 e. The van der Waals surface area contributed by atoms with Gasteiger partial charge in [0.25, 0.3) is 0 Å². The number of benzene rings is 1. The molecule has 0 radical (unpaired) electrons. The number of para-hydroxylation sites is 1. The minimum absolute atomic E-state index is 0.141. The van der Waals surface area contributed by atoms with E-state index in [9.17, 15) is 22.0 Å². The van der Waals surface area contributed by atoms with Crippen molar-refractivity contribution in [2.45, 2.75) is 25.3 Å². The molecule has 0 aliphatic carbocycles. The zero-order valence-electron chi connectivity index (χ0n) is 11.7. The number of alkyl halides is 5. The van der Waals surface area contributed by atoms with Crippen LogP contribution in [0.15, 0.2) is 24.3 Å². The summed E-state index contributed by atoms with van der Waals surface area (Å²) in [6, 6.07) is 4.68. The second kappa shape index (κ2) is 7.23. The minimum atomic E-state index is -4.85. The first-order valence-electron chi connectivity index (χ1n) is 6.94. The van der Waals surface area contributed by atoms with Gasteiger partial charge in [0.05, 0.1) is 0 Å². The van der Waals surface area contributed by atoms with Gasteiger partial charge in [-0.15, -0.1) is 13.2 Å². The van der Waals surface area contributed by atoms with Gasteiger partial charge < -0.3 is 10.1 Å². The van der Waals surface area contributed by atoms with E-state index >= 15 is 0 Å². The number of hydrogen-bond acceptors (Lipinski definition) is 3. The molecule has 0 aromatic heterocycles. The standard InChI is InChI=1S/C14H17F5N2O/c15-13(16)9-11(21-7-5-20-6-8-21)10-3-1-2-4-12(10)22-14(17,18)19/h1-4,11,13,20H,5-9H2/t11-/m0/s1. The maximum absolute atomic E-state index is 12.9. The molecule has 1 aliphatic heterocycles. The van der Waals surface area contributed by atoms with Gasteiger partial charge in [0.2, 0.25) is 6.43 Å². The molecule has 1 heterocycles. The molecule has 1 aromatic carbocycles. The van der Waals surface area contributed by atoms with E-state index in [0.717, 1.165) is 6.07 Å². The molecule has 1 aliphatic rings. The van der Waals surface area contributed by atoms with Crippen LogP contribution < -0.4 is 10.1 Å². The topological polar surface area (TPSA) is 24.5 Å². The fourth-order valence-corrected chi connectivity index (χ4v) is 2.61. The lowest BCUT2D eigenvalue weighted by molar-refractivity contribution is -0.275. The third kappa shape index (κ3) is 4.81. The van der Waals surface area contributed by atoms with E-state index in [2.05, 4.69) is 10.1 Å². The maximum atomic E-state index is 12.9. The Hall–Kier alpha value is -1.41. The van der Waals surface area contributed by atoms with Gasteiger partial charge in [0.15, 0.2) is 0 Å². The van der Waals surface area contributed by atoms with Crippen molar-refractivity contribution < 1.29 is 26.7 Å². The highest BCUT2D eigenvalue weighted by Crippen LogP contribution is 2.36. The Morgan fingerprint density at radius 3 is 2.36 bits per heavy atom. The molecule has 0 spiro atoms. The van der Waals surface area contributed by atoms with Crippen LogP contribution in [0.1, 0.15) is 18.0 Å². The summed E-state index contributed by atoms with van der Waals surface area (Å²) in [5.74, 6) is -0.417. The second-order valence-electron chi connectivity index (χ2n) is 5.01. The highest BCUT2D eigenvalue weighted by Gasteiger charge is 2.34. The predicted molar refractivity (Wildman–Crippen MR) is 70.9 cm³/mol. The zero-order chi connectivity index (χ0) is 16.2. The van der Waals surface area contributed by atoms with Gasteiger partial charge in [-0.2, -0.15) is 0 Å². The third-order valence-corrected chi connectivity index (χ3v) is 3.50. The monoisotopic (exact) mass is 324 g/mol. The van der Waals surface area contributed by atoms with Crippen molar-refractivity contribution in [1.82, 2.24) is 10.2 Å². The maximum Gasteiger partial charge on any atom is 0.573 e. The molecule has 0 saturated carbocycles. The van der Waals surface area contributed by atoms with Crippen molar-refractivity contribution in [2.75, 3.05) is 26.2 Å². The van der Waals surface area contributed by atoms with E-state index in [-0.39, 0.29) is 5.56 Å². The predicted octanol–water partition coefficient (Wildman–Crippen LogP) is 3.19. The molecule has 1 N–H and O–H groups in total. The normalized spacial score (nSPS) is 18.5. The van der Waals surface area contributed by atoms with Gasteiger partial charge in [0, 0.05) is 44.2 Å². The van der Waals surface area contributed by atoms with Gasteiger partial charge in [0.1, 0.15) is 5.75 Å². The van der Waals surface area contributed by atoms with E-state index in [1.807, 2.05) is 0 Å². The Kier molecular flexibility index (Phi) is 5.57. The summed E-state index contributed by atoms with van der Waals surface area (Å²) in [5, 5.41) is 3.09. The Morgan fingerprint density at radius 1 is 1.14 bits per heavy atom. The van der Waals surface area contributed by atoms with E-state index < -0.39 is 31.0 Å². The minimum Gasteiger partial charge on any atom is -0.405 e. The molecule has 0 bridgehead atoms. The SMILES string of the molecule is FC(F)C[C@@H](c1ccccc1OC(F)(F)F)N1CCNCC1. The molecule has 124 valence electrons. The number of piperazine rings is 1. The highest BCUT2D eigenvalue weighted by atomic mass is 19.4. The van der Waals surface area contributed by atoms with E-state index in [4.69, 9.17) is 0 Å². The first-order valence-corrected chi connectivity index (χ1v) is 6.94. The Balaban J connectivity index is 2.29. The molecule has 0 unspecified atom stereocenters. The molecule has 22 heavy (non-hydrogen) atoms. The number of nitrogens with zero attached hydrogens (tertiary/aromatic N) is 1. The van der Waals surface area contributed by atoms with Crippen molar-refractivity contribution in [3.05, 3.63) is 29.8 Å². The highest BCUT2D eigenvalue weighted by molar-refractivity contribution is 5.36. The Bertz CT molecular complexity index is 475. The molecule has 2 rings (SSSR count). The lowest BCUT2D eigenvalue weighted by atomic mass is 10.00. The molecule has 1 fully saturated rings. The average Bonchev–Trinajstić information content (AvgIpc) is 2.45. The molecular formula is C14H17F5N2O. The number of nitrogens with one attached hydrogen (secondary N) is 1. The number of rotatable bonds is 5. The van der Waals surface area contributed by atoms with Crippen LogP contribution in [-0.4, -0.2) is 43.9 Å². The van der Waals surface area contributed by atoms with Crippen LogP contribution in [0, 0.1) is 0 Å². The van der Waals surface area contributed by atoms with Gasteiger partial charge >= 0.3 is 6.36 Å². The van der Waals surface area contributed by atoms with Crippen LogP contribution in [0.3, 0.4) is 0 Å². The van der Waals surface area contributed by atoms with Crippen LogP contribution in [0.25, 0.3) is 0 Å². The van der Waals surface area contributed by atoms with Crippen LogP contribution in [0.4, 0.5) is 22.0 Å². The number of hydrogen-bond donors (Lipinski definition) is 1. The van der Waals surface area contributed by atoms with Gasteiger partial charge in [-0.3, -0.25) is 4.90 Å². The number of halogens is 5. The molecular weight excluding hydrogens is 307 g/mol. The fourth-order valence-electron chi connectivity index (χ4n) is 2.61. The molecule has 1 atom stereocenters. The summed E-state index contributed by atoms with van der Waals surface area (Å²) in [4.78, 5) is 1.77. The van der Waals surface area contributed by atoms with Crippen LogP contribution in [-0.2, 0) is 0 Å². The zero-order valence-corrected chi connectivity index (χ0v) is 11.7. The van der Waals surface area contributed by atoms with Crippen molar-refractivity contribution in [2.24, 2.45) is 0 Å². The summed E-state index contributed by atoms with van der Waals surface area (Å²) in [7, 11) is 0. The summed E-state index contributed by atoms with van der Waals surface area (Å²) in [5.41, 5.74) is 0.141. The molecule has 8 heteroatoms. The van der Waals surface area contributed by atoms with Crippen LogP contribution in [0.5, 0.6) is 5.75 Å². The second-order valence-corrected chi connectivity index (χ2v) is 5.01. The Morgan fingerprint density at radius 2 is 1.77 bits per heavy atom. The smallest absolute Gasteiger partial charge is 0.405 e. The number of ether oxygens (including phenoxy) is 1. The lowest BCUT2D eigenvalue weighted by Gasteiger charge is -2.35. The van der Waals surface area contributed by atoms with Crippen molar-refractivity contribution in [3.63, 3.8) is 0 Å². The quantitative estimate of drug-likeness (QED) is 0.842. The van der Waals surface area contributed by atoms with Gasteiger partial charge in [-0.05, 0) is 6.07 Å². The molecule has 1 saturated heterocycles.